The first kappa shape index (κ1) is 23.3. The van der Waals surface area contributed by atoms with E-state index in [1.165, 1.54) is 5.32 Å². The second kappa shape index (κ2) is 8.05. The van der Waals surface area contributed by atoms with Crippen LogP contribution in [-0.2, 0) is 5.92 Å². The summed E-state index contributed by atoms with van der Waals surface area (Å²) in [6, 6.07) is -1.47. The fourth-order valence-electron chi connectivity index (χ4n) is 2.11. The molecular weight excluding hydrogens is 459 g/mol. The van der Waals surface area contributed by atoms with Gasteiger partial charge in [-0.15, -0.1) is 0 Å². The van der Waals surface area contributed by atoms with Crippen molar-refractivity contribution in [3.8, 4) is 0 Å². The minimum Gasteiger partial charge on any atom is -0.305 e. The fraction of sp³-hybridized carbons (Fsp3) is 0.125. The second-order valence-electron chi connectivity index (χ2n) is 5.54. The van der Waals surface area contributed by atoms with Gasteiger partial charge in [-0.2, -0.15) is 22.0 Å². The molecule has 2 aromatic carbocycles. The van der Waals surface area contributed by atoms with Crippen LogP contribution in [0.25, 0.3) is 0 Å². The van der Waals surface area contributed by atoms with E-state index in [0.29, 0.717) is 0 Å². The Balaban J connectivity index is 2.24. The van der Waals surface area contributed by atoms with Gasteiger partial charge in [-0.25, -0.2) is 22.4 Å². The first-order valence-electron chi connectivity index (χ1n) is 7.36. The topological polar surface area (TPSA) is 58.2 Å². The van der Waals surface area contributed by atoms with Gasteiger partial charge in [0.2, 0.25) is 0 Å². The molecule has 4 nitrogen and oxygen atoms in total. The maximum absolute atomic E-state index is 13.9. The van der Waals surface area contributed by atoms with Gasteiger partial charge >= 0.3 is 18.1 Å². The van der Waals surface area contributed by atoms with Crippen LogP contribution in [0.4, 0.5) is 50.0 Å². The van der Waals surface area contributed by atoms with Crippen molar-refractivity contribution in [2.45, 2.75) is 12.1 Å². The maximum atomic E-state index is 13.9. The lowest BCUT2D eigenvalue weighted by atomic mass is 10.1. The van der Waals surface area contributed by atoms with Crippen LogP contribution in [0, 0.1) is 23.3 Å². The van der Waals surface area contributed by atoms with Crippen LogP contribution < -0.4 is 10.6 Å². The molecule has 0 aliphatic carbocycles. The van der Waals surface area contributed by atoms with Crippen LogP contribution in [0.15, 0.2) is 24.3 Å². The first-order valence-corrected chi connectivity index (χ1v) is 7.74. The average molecular weight is 465 g/mol. The Bertz CT molecular complexity index is 1000. The number of alkyl halides is 5. The number of rotatable bonds is 3. The number of hydrogen-bond donors (Lipinski definition) is 2. The van der Waals surface area contributed by atoms with E-state index in [1.54, 1.807) is 5.32 Å². The van der Waals surface area contributed by atoms with E-state index in [0.717, 1.165) is 0 Å². The molecule has 0 aliphatic heterocycles. The van der Waals surface area contributed by atoms with E-state index >= 15 is 0 Å². The van der Waals surface area contributed by atoms with E-state index in [9.17, 15) is 49.1 Å². The third kappa shape index (κ3) is 4.61. The molecule has 0 radical (unpaired) electrons. The molecule has 0 saturated heterocycles. The smallest absolute Gasteiger partial charge is 0.305 e. The van der Waals surface area contributed by atoms with Gasteiger partial charge in [-0.3, -0.25) is 10.1 Å². The van der Waals surface area contributed by atoms with E-state index in [2.05, 4.69) is 0 Å². The van der Waals surface area contributed by atoms with Gasteiger partial charge in [-0.1, -0.05) is 11.6 Å². The molecule has 0 unspecified atom stereocenters. The summed E-state index contributed by atoms with van der Waals surface area (Å²) >= 11 is 5.31. The molecule has 3 amide bonds. The lowest BCUT2D eigenvalue weighted by molar-refractivity contribution is -0.289. The minimum absolute atomic E-state index is 0.134. The average Bonchev–Trinajstić information content (AvgIpc) is 2.55. The van der Waals surface area contributed by atoms with Gasteiger partial charge < -0.3 is 5.32 Å². The molecule has 0 aliphatic rings. The van der Waals surface area contributed by atoms with E-state index in [4.69, 9.17) is 11.6 Å². The van der Waals surface area contributed by atoms with Crippen molar-refractivity contribution in [1.29, 1.82) is 0 Å². The summed E-state index contributed by atoms with van der Waals surface area (Å²) in [5, 5.41) is 1.59. The van der Waals surface area contributed by atoms with Gasteiger partial charge in [0.25, 0.3) is 5.91 Å². The van der Waals surface area contributed by atoms with Gasteiger partial charge in [0, 0.05) is 12.1 Å². The molecular formula is C16H6ClF9N2O2. The zero-order valence-electron chi connectivity index (χ0n) is 13.9. The summed E-state index contributed by atoms with van der Waals surface area (Å²) in [4.78, 5) is 23.4. The SMILES string of the molecule is O=C(NC(=O)c1c(F)cc(F)cc1F)Nc1cc(Cl)c(C(F)(F)C(F)(F)F)cc1F. The lowest BCUT2D eigenvalue weighted by Crippen LogP contribution is -2.36. The number of nitrogens with one attached hydrogen (secondary N) is 2. The molecule has 30 heavy (non-hydrogen) atoms. The van der Waals surface area contributed by atoms with Crippen molar-refractivity contribution < 1.29 is 49.1 Å². The van der Waals surface area contributed by atoms with E-state index in [-0.39, 0.29) is 24.3 Å². The van der Waals surface area contributed by atoms with Crippen molar-refractivity contribution in [2.24, 2.45) is 0 Å². The van der Waals surface area contributed by atoms with Crippen molar-refractivity contribution >= 4 is 29.2 Å². The van der Waals surface area contributed by atoms with Crippen LogP contribution in [0.1, 0.15) is 15.9 Å². The van der Waals surface area contributed by atoms with Gasteiger partial charge in [-0.05, 0) is 12.1 Å². The highest BCUT2D eigenvalue weighted by molar-refractivity contribution is 6.31. The van der Waals surface area contributed by atoms with Crippen LogP contribution >= 0.6 is 11.6 Å². The molecule has 0 saturated carbocycles. The van der Waals surface area contributed by atoms with E-state index in [1.807, 2.05) is 0 Å². The number of imide groups is 1. The summed E-state index contributed by atoms with van der Waals surface area (Å²) in [6.07, 6.45) is -6.09. The highest BCUT2D eigenvalue weighted by Crippen LogP contribution is 2.47. The first-order chi connectivity index (χ1) is 13.6. The Labute approximate surface area is 165 Å². The summed E-state index contributed by atoms with van der Waals surface area (Å²) in [6.45, 7) is 0. The Morgan fingerprint density at radius 3 is 1.87 bits per heavy atom. The molecule has 0 aromatic heterocycles. The normalized spacial score (nSPS) is 11.9. The van der Waals surface area contributed by atoms with Crippen LogP contribution in [0.5, 0.6) is 0 Å². The van der Waals surface area contributed by atoms with Crippen molar-refractivity contribution in [2.75, 3.05) is 5.32 Å². The Morgan fingerprint density at radius 1 is 0.833 bits per heavy atom. The summed E-state index contributed by atoms with van der Waals surface area (Å²) in [5.41, 5.74) is -4.34. The van der Waals surface area contributed by atoms with Crippen molar-refractivity contribution in [1.82, 2.24) is 5.32 Å². The number of halogens is 10. The largest absolute Gasteiger partial charge is 0.458 e. The number of carbonyl (C=O) groups excluding carboxylic acids is 2. The number of urea groups is 1. The Kier molecular flexibility index (Phi) is 6.26. The summed E-state index contributed by atoms with van der Waals surface area (Å²) < 4.78 is 118. The zero-order valence-corrected chi connectivity index (χ0v) is 14.7. The molecule has 14 heteroatoms. The van der Waals surface area contributed by atoms with Gasteiger partial charge in [0.05, 0.1) is 16.3 Å². The lowest BCUT2D eigenvalue weighted by Gasteiger charge is -2.21. The van der Waals surface area contributed by atoms with Crippen molar-refractivity contribution in [3.63, 3.8) is 0 Å². The predicted octanol–water partition coefficient (Wildman–Crippen LogP) is 5.51. The standard InChI is InChI=1S/C16H6ClF9N2O2/c17-7-4-11(8(19)3-6(7)15(22,23)16(24,25)26)27-14(30)28-13(29)12-9(20)1-5(18)2-10(12)21/h1-4H,(H2,27,28,29,30). The van der Waals surface area contributed by atoms with E-state index < -0.39 is 69.1 Å². The third-order valence-corrected chi connectivity index (χ3v) is 3.77. The maximum Gasteiger partial charge on any atom is 0.458 e. The molecule has 0 atom stereocenters. The predicted molar refractivity (Wildman–Crippen MR) is 84.2 cm³/mol. The molecule has 0 spiro atoms. The minimum atomic E-state index is -6.09. The third-order valence-electron chi connectivity index (χ3n) is 3.46. The quantitative estimate of drug-likeness (QED) is 0.588. The number of carbonyl (C=O) groups is 2. The number of amides is 3. The second-order valence-corrected chi connectivity index (χ2v) is 5.94. The fourth-order valence-corrected chi connectivity index (χ4v) is 2.40. The van der Waals surface area contributed by atoms with Crippen LogP contribution in [-0.4, -0.2) is 18.1 Å². The van der Waals surface area contributed by atoms with Gasteiger partial charge in [0.1, 0.15) is 28.8 Å². The monoisotopic (exact) mass is 464 g/mol. The number of hydrogen-bond acceptors (Lipinski definition) is 2. The van der Waals surface area contributed by atoms with Crippen molar-refractivity contribution in [3.05, 3.63) is 63.7 Å². The number of anilines is 1. The number of benzene rings is 2. The Morgan fingerprint density at radius 2 is 1.37 bits per heavy atom. The molecule has 0 fully saturated rings. The molecule has 2 N–H and O–H groups in total. The molecule has 162 valence electrons. The highest BCUT2D eigenvalue weighted by atomic mass is 35.5. The molecule has 2 aromatic rings. The molecule has 2 rings (SSSR count). The summed E-state index contributed by atoms with van der Waals surface area (Å²) in [7, 11) is 0. The van der Waals surface area contributed by atoms with Crippen LogP contribution in [0.3, 0.4) is 0 Å². The molecule has 0 heterocycles. The molecule has 0 bridgehead atoms. The van der Waals surface area contributed by atoms with Crippen LogP contribution in [0.2, 0.25) is 5.02 Å². The summed E-state index contributed by atoms with van der Waals surface area (Å²) in [5.74, 6) is -13.7. The zero-order chi connectivity index (χ0) is 23.0. The van der Waals surface area contributed by atoms with Gasteiger partial charge in [0.15, 0.2) is 0 Å². The Hall–Kier alpha value is -2.96. The highest BCUT2D eigenvalue weighted by Gasteiger charge is 2.59.